The van der Waals surface area contributed by atoms with Crippen LogP contribution in [0.25, 0.3) is 0 Å². The number of ether oxygens (including phenoxy) is 2. The molecule has 1 unspecified atom stereocenters. The number of pyridine rings is 1. The number of aryl methyl sites for hydroxylation is 1. The first kappa shape index (κ1) is 17.0. The predicted molar refractivity (Wildman–Crippen MR) is 85.7 cm³/mol. The lowest BCUT2D eigenvalue weighted by atomic mass is 9.95. The Morgan fingerprint density at radius 1 is 1.50 bits per heavy atom. The fourth-order valence-corrected chi connectivity index (χ4v) is 2.68. The second-order valence-corrected chi connectivity index (χ2v) is 6.58. The van der Waals surface area contributed by atoms with Crippen LogP contribution in [-0.2, 0) is 4.74 Å². The van der Waals surface area contributed by atoms with E-state index in [-0.39, 0.29) is 6.61 Å². The molecule has 0 aliphatic heterocycles. The van der Waals surface area contributed by atoms with Crippen LogP contribution in [0.2, 0.25) is 0 Å². The van der Waals surface area contributed by atoms with Crippen LogP contribution in [0, 0.1) is 16.5 Å². The maximum absolute atomic E-state index is 11.1. The van der Waals surface area contributed by atoms with Crippen molar-refractivity contribution in [2.75, 3.05) is 6.61 Å². The third kappa shape index (κ3) is 5.52. The topological polar surface area (TPSA) is 74.4 Å². The number of halogens is 1. The van der Waals surface area contributed by atoms with E-state index in [1.807, 2.05) is 26.0 Å². The van der Waals surface area contributed by atoms with Crippen LogP contribution in [0.15, 0.2) is 12.1 Å². The second-order valence-electron chi connectivity index (χ2n) is 5.48. The van der Waals surface area contributed by atoms with Gasteiger partial charge in [0.25, 0.3) is 0 Å². The smallest absolute Gasteiger partial charge is 0.405 e. The minimum absolute atomic E-state index is 0.247. The highest BCUT2D eigenvalue weighted by molar-refractivity contribution is 14.1. The van der Waals surface area contributed by atoms with Gasteiger partial charge in [-0.15, -0.1) is 0 Å². The van der Waals surface area contributed by atoms with Crippen molar-refractivity contribution >= 4 is 28.7 Å². The van der Waals surface area contributed by atoms with Crippen molar-refractivity contribution in [3.05, 3.63) is 21.5 Å². The number of hydrogen-bond acceptors (Lipinski definition) is 4. The van der Waals surface area contributed by atoms with Crippen LogP contribution in [0.1, 0.15) is 32.9 Å². The van der Waals surface area contributed by atoms with E-state index >= 15 is 0 Å². The van der Waals surface area contributed by atoms with Crippen LogP contribution in [-0.4, -0.2) is 23.3 Å². The molecule has 0 spiro atoms. The normalized spacial score (nSPS) is 13.9. The maximum atomic E-state index is 11.1. The van der Waals surface area contributed by atoms with Gasteiger partial charge in [0.1, 0.15) is 21.7 Å². The molecule has 1 atom stereocenters. The molecule has 0 radical (unpaired) electrons. The van der Waals surface area contributed by atoms with E-state index in [1.165, 1.54) is 0 Å². The van der Waals surface area contributed by atoms with Crippen LogP contribution in [0.5, 0.6) is 5.75 Å². The lowest BCUT2D eigenvalue weighted by Gasteiger charge is -2.30. The highest BCUT2D eigenvalue weighted by atomic mass is 127. The molecule has 0 aliphatic carbocycles. The van der Waals surface area contributed by atoms with Crippen molar-refractivity contribution < 1.29 is 14.3 Å². The van der Waals surface area contributed by atoms with Gasteiger partial charge in [-0.1, -0.05) is 13.8 Å². The van der Waals surface area contributed by atoms with Gasteiger partial charge in [-0.2, -0.15) is 0 Å². The van der Waals surface area contributed by atoms with Crippen LogP contribution in [0.4, 0.5) is 4.79 Å². The zero-order chi connectivity index (χ0) is 15.3. The standard InChI is InChI=1S/C14H21IN2O3/c1-9(2)7-14(4,20-13(16)18)8-19-11-5-6-12(15)17-10(11)3/h5-6,9H,7-8H2,1-4H3,(H2,16,18). The summed E-state index contributed by atoms with van der Waals surface area (Å²) in [5, 5.41) is 0. The Kier molecular flexibility index (Phi) is 6.04. The van der Waals surface area contributed by atoms with Gasteiger partial charge >= 0.3 is 6.09 Å². The quantitative estimate of drug-likeness (QED) is 0.596. The van der Waals surface area contributed by atoms with Crippen molar-refractivity contribution in [3.8, 4) is 5.75 Å². The SMILES string of the molecule is Cc1nc(I)ccc1OCC(C)(CC(C)C)OC(N)=O. The molecule has 6 heteroatoms. The van der Waals surface area contributed by atoms with Crippen molar-refractivity contribution in [1.29, 1.82) is 0 Å². The molecular formula is C14H21IN2O3. The lowest BCUT2D eigenvalue weighted by Crippen LogP contribution is -2.41. The summed E-state index contributed by atoms with van der Waals surface area (Å²) in [7, 11) is 0. The van der Waals surface area contributed by atoms with Crippen LogP contribution in [0.3, 0.4) is 0 Å². The number of carbonyl (C=O) groups excluding carboxylic acids is 1. The van der Waals surface area contributed by atoms with Crippen molar-refractivity contribution in [2.24, 2.45) is 11.7 Å². The summed E-state index contributed by atoms with van der Waals surface area (Å²) in [6, 6.07) is 3.74. The Morgan fingerprint density at radius 3 is 2.65 bits per heavy atom. The highest BCUT2D eigenvalue weighted by Crippen LogP contribution is 2.24. The number of nitrogens with zero attached hydrogens (tertiary/aromatic N) is 1. The third-order valence-electron chi connectivity index (χ3n) is 2.72. The molecule has 0 fully saturated rings. The minimum atomic E-state index is -0.783. The molecule has 5 nitrogen and oxygen atoms in total. The highest BCUT2D eigenvalue weighted by Gasteiger charge is 2.30. The Balaban J connectivity index is 2.77. The molecular weight excluding hydrogens is 371 g/mol. The lowest BCUT2D eigenvalue weighted by molar-refractivity contribution is -0.0188. The fourth-order valence-electron chi connectivity index (χ4n) is 2.14. The molecule has 1 aromatic rings. The zero-order valence-corrected chi connectivity index (χ0v) is 14.4. The van der Waals surface area contributed by atoms with E-state index in [4.69, 9.17) is 15.2 Å². The third-order valence-corrected chi connectivity index (χ3v) is 3.32. The molecule has 1 rings (SSSR count). The Morgan fingerprint density at radius 2 is 2.15 bits per heavy atom. The molecule has 1 amide bonds. The first-order valence-electron chi connectivity index (χ1n) is 6.46. The van der Waals surface area contributed by atoms with Gasteiger partial charge < -0.3 is 15.2 Å². The number of hydrogen-bond donors (Lipinski definition) is 1. The number of primary amides is 1. The summed E-state index contributed by atoms with van der Waals surface area (Å²) >= 11 is 2.15. The molecule has 1 heterocycles. The number of rotatable bonds is 6. The van der Waals surface area contributed by atoms with E-state index in [2.05, 4.69) is 41.4 Å². The molecule has 0 aromatic carbocycles. The summed E-state index contributed by atoms with van der Waals surface area (Å²) in [4.78, 5) is 15.4. The van der Waals surface area contributed by atoms with Crippen LogP contribution >= 0.6 is 22.6 Å². The van der Waals surface area contributed by atoms with Gasteiger partial charge in [0, 0.05) is 0 Å². The van der Waals surface area contributed by atoms with Gasteiger partial charge in [-0.25, -0.2) is 9.78 Å². The van der Waals surface area contributed by atoms with E-state index in [0.29, 0.717) is 18.1 Å². The number of nitrogens with two attached hydrogens (primary N) is 1. The van der Waals surface area contributed by atoms with Gasteiger partial charge in [0.05, 0.1) is 5.69 Å². The van der Waals surface area contributed by atoms with E-state index in [9.17, 15) is 4.79 Å². The van der Waals surface area contributed by atoms with Crippen LogP contribution < -0.4 is 10.5 Å². The largest absolute Gasteiger partial charge is 0.488 e. The Hall–Kier alpha value is -1.05. The summed E-state index contributed by atoms with van der Waals surface area (Å²) in [5.41, 5.74) is 5.21. The van der Waals surface area contributed by atoms with Gasteiger partial charge in [0.15, 0.2) is 0 Å². The second kappa shape index (κ2) is 7.10. The summed E-state index contributed by atoms with van der Waals surface area (Å²) < 4.78 is 11.9. The Labute approximate surface area is 133 Å². The summed E-state index contributed by atoms with van der Waals surface area (Å²) in [6.45, 7) is 8.07. The van der Waals surface area contributed by atoms with E-state index in [0.717, 1.165) is 9.39 Å². The number of amides is 1. The molecule has 112 valence electrons. The first-order chi connectivity index (χ1) is 9.22. The predicted octanol–water partition coefficient (Wildman–Crippen LogP) is 3.27. The molecule has 20 heavy (non-hydrogen) atoms. The molecule has 0 saturated heterocycles. The fraction of sp³-hybridized carbons (Fsp3) is 0.571. The van der Waals surface area contributed by atoms with E-state index in [1.54, 1.807) is 0 Å². The molecule has 1 aromatic heterocycles. The van der Waals surface area contributed by atoms with E-state index < -0.39 is 11.7 Å². The summed E-state index contributed by atoms with van der Waals surface area (Å²) in [6.07, 6.45) is -0.110. The maximum Gasteiger partial charge on any atom is 0.405 e. The summed E-state index contributed by atoms with van der Waals surface area (Å²) in [5.74, 6) is 1.05. The zero-order valence-electron chi connectivity index (χ0n) is 12.3. The molecule has 0 saturated carbocycles. The molecule has 0 aliphatic rings. The van der Waals surface area contributed by atoms with Gasteiger partial charge in [0.2, 0.25) is 0 Å². The van der Waals surface area contributed by atoms with Crippen molar-refractivity contribution in [2.45, 2.75) is 39.7 Å². The minimum Gasteiger partial charge on any atom is -0.488 e. The average Bonchev–Trinajstić information content (AvgIpc) is 2.25. The molecule has 2 N–H and O–H groups in total. The monoisotopic (exact) mass is 392 g/mol. The number of carbonyl (C=O) groups is 1. The van der Waals surface area contributed by atoms with Gasteiger partial charge in [-0.3, -0.25) is 0 Å². The first-order valence-corrected chi connectivity index (χ1v) is 7.54. The van der Waals surface area contributed by atoms with Crippen molar-refractivity contribution in [3.63, 3.8) is 0 Å². The molecule has 0 bridgehead atoms. The Bertz CT molecular complexity index is 479. The van der Waals surface area contributed by atoms with Gasteiger partial charge in [-0.05, 0) is 60.9 Å². The number of aromatic nitrogens is 1. The average molecular weight is 392 g/mol. The van der Waals surface area contributed by atoms with Crippen molar-refractivity contribution in [1.82, 2.24) is 4.98 Å².